The second-order valence-electron chi connectivity index (χ2n) is 8.46. The van der Waals surface area contributed by atoms with E-state index in [4.69, 9.17) is 15.9 Å². The van der Waals surface area contributed by atoms with Crippen LogP contribution < -0.4 is 21.7 Å². The Labute approximate surface area is 191 Å². The van der Waals surface area contributed by atoms with Crippen LogP contribution in [0.15, 0.2) is 0 Å². The maximum Gasteiger partial charge on any atom is 0.326 e. The number of carbonyl (C=O) groups is 6. The fraction of sp³-hybridized carbons (Fsp3) is 0.700. The molecular weight excluding hydrogens is 440 g/mol. The molecule has 4 unspecified atom stereocenters. The molecule has 0 saturated heterocycles. The van der Waals surface area contributed by atoms with E-state index in [0.29, 0.717) is 0 Å². The number of hydrogen-bond donors (Lipinski definition) is 7. The monoisotopic (exact) mass is 474 g/mol. The van der Waals surface area contributed by atoms with Gasteiger partial charge in [0.15, 0.2) is 0 Å². The molecule has 0 aliphatic heterocycles. The van der Waals surface area contributed by atoms with Gasteiger partial charge in [0.05, 0.1) is 12.5 Å². The Morgan fingerprint density at radius 3 is 1.70 bits per heavy atom. The van der Waals surface area contributed by atoms with Gasteiger partial charge in [-0.2, -0.15) is 0 Å². The van der Waals surface area contributed by atoms with Crippen molar-refractivity contribution >= 4 is 35.6 Å². The van der Waals surface area contributed by atoms with E-state index >= 15 is 0 Å². The predicted octanol–water partition coefficient (Wildman–Crippen LogP) is -1.11. The van der Waals surface area contributed by atoms with Crippen LogP contribution in [0.3, 0.4) is 0 Å². The summed E-state index contributed by atoms with van der Waals surface area (Å²) >= 11 is 0. The number of nitrogens with one attached hydrogen (secondary N) is 3. The Morgan fingerprint density at radius 1 is 0.758 bits per heavy atom. The van der Waals surface area contributed by atoms with Crippen molar-refractivity contribution in [1.82, 2.24) is 16.0 Å². The summed E-state index contributed by atoms with van der Waals surface area (Å²) in [5.41, 5.74) is 5.53. The van der Waals surface area contributed by atoms with Crippen molar-refractivity contribution in [2.75, 3.05) is 0 Å². The maximum absolute atomic E-state index is 12.8. The quantitative estimate of drug-likeness (QED) is 0.151. The first-order valence-corrected chi connectivity index (χ1v) is 10.5. The highest BCUT2D eigenvalue weighted by atomic mass is 16.4. The summed E-state index contributed by atoms with van der Waals surface area (Å²) < 4.78 is 0. The van der Waals surface area contributed by atoms with Crippen molar-refractivity contribution in [2.45, 2.75) is 77.5 Å². The lowest BCUT2D eigenvalue weighted by Gasteiger charge is -2.26. The standard InChI is InChI=1S/C20H34N4O9/c1-9(2)7-13(23-17(29)11(21)8-15(27)28)19(31)22-12(5-6-14(25)26)18(30)24-16(10(3)4)20(32)33/h9-13,16H,5-8,21H2,1-4H3,(H,22,31)(H,23,29)(H,24,30)(H,25,26)(H,27,28)(H,32,33). The lowest BCUT2D eigenvalue weighted by atomic mass is 10.0. The second kappa shape index (κ2) is 14.0. The summed E-state index contributed by atoms with van der Waals surface area (Å²) in [6.07, 6.45) is -1.34. The molecule has 4 atom stereocenters. The lowest BCUT2D eigenvalue weighted by Crippen LogP contribution is -2.58. The molecular formula is C20H34N4O9. The molecule has 0 aliphatic rings. The minimum absolute atomic E-state index is 0.0969. The number of carbonyl (C=O) groups excluding carboxylic acids is 3. The molecule has 0 aromatic rings. The zero-order valence-corrected chi connectivity index (χ0v) is 19.2. The molecule has 0 bridgehead atoms. The van der Waals surface area contributed by atoms with E-state index < -0.39 is 78.6 Å². The van der Waals surface area contributed by atoms with Crippen LogP contribution in [0, 0.1) is 11.8 Å². The number of rotatable bonds is 15. The second-order valence-corrected chi connectivity index (χ2v) is 8.46. The third-order valence-electron chi connectivity index (χ3n) is 4.58. The Balaban J connectivity index is 5.58. The van der Waals surface area contributed by atoms with Gasteiger partial charge < -0.3 is 37.0 Å². The van der Waals surface area contributed by atoms with E-state index in [2.05, 4.69) is 16.0 Å². The van der Waals surface area contributed by atoms with E-state index in [9.17, 15) is 33.9 Å². The fourth-order valence-corrected chi connectivity index (χ4v) is 2.84. The van der Waals surface area contributed by atoms with Gasteiger partial charge in [-0.15, -0.1) is 0 Å². The summed E-state index contributed by atoms with van der Waals surface area (Å²) in [4.78, 5) is 70.8. The number of hydrogen-bond acceptors (Lipinski definition) is 7. The number of nitrogens with two attached hydrogens (primary N) is 1. The van der Waals surface area contributed by atoms with Gasteiger partial charge in [0.1, 0.15) is 18.1 Å². The molecule has 0 spiro atoms. The largest absolute Gasteiger partial charge is 0.481 e. The lowest BCUT2D eigenvalue weighted by molar-refractivity contribution is -0.144. The van der Waals surface area contributed by atoms with Gasteiger partial charge in [0, 0.05) is 6.42 Å². The Bertz CT molecular complexity index is 739. The van der Waals surface area contributed by atoms with Gasteiger partial charge in [-0.05, 0) is 24.7 Å². The van der Waals surface area contributed by atoms with Gasteiger partial charge in [-0.3, -0.25) is 24.0 Å². The molecule has 13 nitrogen and oxygen atoms in total. The summed E-state index contributed by atoms with van der Waals surface area (Å²) in [7, 11) is 0. The Kier molecular flexibility index (Phi) is 12.7. The maximum atomic E-state index is 12.8. The summed E-state index contributed by atoms with van der Waals surface area (Å²) in [6.45, 7) is 6.66. The van der Waals surface area contributed by atoms with Crippen molar-refractivity contribution < 1.29 is 44.1 Å². The Hall–Kier alpha value is -3.22. The van der Waals surface area contributed by atoms with Crippen LogP contribution in [-0.4, -0.2) is 75.1 Å². The highest BCUT2D eigenvalue weighted by molar-refractivity contribution is 5.94. The number of aliphatic carboxylic acids is 3. The first-order chi connectivity index (χ1) is 15.1. The van der Waals surface area contributed by atoms with E-state index in [1.54, 1.807) is 27.7 Å². The minimum atomic E-state index is -1.40. The molecule has 3 amide bonds. The average molecular weight is 475 g/mol. The van der Waals surface area contributed by atoms with Crippen LogP contribution in [0.5, 0.6) is 0 Å². The number of carboxylic acid groups (broad SMARTS) is 3. The third-order valence-corrected chi connectivity index (χ3v) is 4.58. The van der Waals surface area contributed by atoms with Crippen LogP contribution in [-0.2, 0) is 28.8 Å². The molecule has 33 heavy (non-hydrogen) atoms. The zero-order valence-electron chi connectivity index (χ0n) is 19.2. The summed E-state index contributed by atoms with van der Waals surface area (Å²) in [5.74, 6) is -6.98. The average Bonchev–Trinajstić information content (AvgIpc) is 2.66. The van der Waals surface area contributed by atoms with Gasteiger partial charge >= 0.3 is 17.9 Å². The number of amides is 3. The van der Waals surface area contributed by atoms with Crippen molar-refractivity contribution in [3.05, 3.63) is 0 Å². The molecule has 188 valence electrons. The zero-order chi connectivity index (χ0) is 25.9. The van der Waals surface area contributed by atoms with Gasteiger partial charge in [0.25, 0.3) is 0 Å². The van der Waals surface area contributed by atoms with E-state index in [1.807, 2.05) is 0 Å². The Morgan fingerprint density at radius 2 is 1.27 bits per heavy atom. The van der Waals surface area contributed by atoms with Crippen LogP contribution in [0.2, 0.25) is 0 Å². The van der Waals surface area contributed by atoms with Gasteiger partial charge in [0.2, 0.25) is 17.7 Å². The molecule has 0 aliphatic carbocycles. The van der Waals surface area contributed by atoms with Crippen molar-refractivity contribution in [2.24, 2.45) is 17.6 Å². The van der Waals surface area contributed by atoms with E-state index in [-0.39, 0.29) is 18.8 Å². The molecule has 0 aromatic carbocycles. The minimum Gasteiger partial charge on any atom is -0.481 e. The highest BCUT2D eigenvalue weighted by Crippen LogP contribution is 2.09. The topological polar surface area (TPSA) is 225 Å². The normalized spacial score (nSPS) is 14.6. The molecule has 0 fully saturated rings. The van der Waals surface area contributed by atoms with Crippen LogP contribution in [0.1, 0.15) is 53.4 Å². The van der Waals surface area contributed by atoms with Crippen LogP contribution in [0.4, 0.5) is 0 Å². The molecule has 0 heterocycles. The van der Waals surface area contributed by atoms with Crippen molar-refractivity contribution in [3.63, 3.8) is 0 Å². The molecule has 0 aromatic heterocycles. The first-order valence-electron chi connectivity index (χ1n) is 10.5. The molecule has 0 rings (SSSR count). The van der Waals surface area contributed by atoms with Crippen molar-refractivity contribution in [3.8, 4) is 0 Å². The summed E-state index contributed by atoms with van der Waals surface area (Å²) in [5, 5.41) is 34.0. The number of carboxylic acids is 3. The van der Waals surface area contributed by atoms with E-state index in [1.165, 1.54) is 0 Å². The van der Waals surface area contributed by atoms with Crippen LogP contribution >= 0.6 is 0 Å². The molecule has 8 N–H and O–H groups in total. The molecule has 13 heteroatoms. The SMILES string of the molecule is CC(C)CC(NC(=O)C(N)CC(=O)O)C(=O)NC(CCC(=O)O)C(=O)NC(C(=O)O)C(C)C. The van der Waals surface area contributed by atoms with Crippen molar-refractivity contribution in [1.29, 1.82) is 0 Å². The van der Waals surface area contributed by atoms with Gasteiger partial charge in [-0.1, -0.05) is 27.7 Å². The van der Waals surface area contributed by atoms with Crippen LogP contribution in [0.25, 0.3) is 0 Å². The smallest absolute Gasteiger partial charge is 0.326 e. The molecule has 0 radical (unpaired) electrons. The first kappa shape index (κ1) is 29.8. The predicted molar refractivity (Wildman–Crippen MR) is 115 cm³/mol. The fourth-order valence-electron chi connectivity index (χ4n) is 2.84. The highest BCUT2D eigenvalue weighted by Gasteiger charge is 2.32. The molecule has 0 saturated carbocycles. The third kappa shape index (κ3) is 11.8. The van der Waals surface area contributed by atoms with Gasteiger partial charge in [-0.25, -0.2) is 4.79 Å². The summed E-state index contributed by atoms with van der Waals surface area (Å²) in [6, 6.07) is -5.23. The van der Waals surface area contributed by atoms with E-state index in [0.717, 1.165) is 0 Å².